The van der Waals surface area contributed by atoms with E-state index in [0.29, 0.717) is 12.0 Å². The summed E-state index contributed by atoms with van der Waals surface area (Å²) in [6.07, 6.45) is 3.67. The molecule has 0 aromatic heterocycles. The van der Waals surface area contributed by atoms with Gasteiger partial charge in [0.1, 0.15) is 0 Å². The predicted octanol–water partition coefficient (Wildman–Crippen LogP) is 3.01. The third-order valence-corrected chi connectivity index (χ3v) is 4.09. The Morgan fingerprint density at radius 3 is 2.28 bits per heavy atom. The molecule has 1 aliphatic rings. The maximum Gasteiger partial charge on any atom is 0.0474 e. The fourth-order valence-electron chi connectivity index (χ4n) is 2.97. The summed E-state index contributed by atoms with van der Waals surface area (Å²) in [5, 5.41) is 9.50. The van der Waals surface area contributed by atoms with Crippen LogP contribution < -0.4 is 0 Å². The molecule has 1 N–H and O–H groups in total. The van der Waals surface area contributed by atoms with Gasteiger partial charge in [0.2, 0.25) is 0 Å². The lowest BCUT2D eigenvalue weighted by molar-refractivity contribution is 0.126. The minimum atomic E-state index is 0.261. The highest BCUT2D eigenvalue weighted by atomic mass is 16.3. The molecule has 18 heavy (non-hydrogen) atoms. The standard InChI is InChI=1S/C16H25NO/c1-3-14-6-8-15(9-7-14)16(13(2)12-18)17-10-4-5-11-17/h6-9,13,16,18H,3-5,10-12H2,1-2H3. The minimum Gasteiger partial charge on any atom is -0.396 e. The van der Waals surface area contributed by atoms with E-state index in [1.165, 1.54) is 37.1 Å². The van der Waals surface area contributed by atoms with Crippen molar-refractivity contribution in [3.8, 4) is 0 Å². The number of hydrogen-bond donors (Lipinski definition) is 1. The van der Waals surface area contributed by atoms with E-state index in [4.69, 9.17) is 0 Å². The third-order valence-electron chi connectivity index (χ3n) is 4.09. The van der Waals surface area contributed by atoms with Crippen molar-refractivity contribution in [1.82, 2.24) is 4.90 Å². The zero-order chi connectivity index (χ0) is 13.0. The van der Waals surface area contributed by atoms with E-state index in [0.717, 1.165) is 6.42 Å². The molecule has 0 bridgehead atoms. The summed E-state index contributed by atoms with van der Waals surface area (Å²) in [6.45, 7) is 6.94. The smallest absolute Gasteiger partial charge is 0.0474 e. The van der Waals surface area contributed by atoms with Gasteiger partial charge in [-0.2, -0.15) is 0 Å². The molecular formula is C16H25NO. The van der Waals surface area contributed by atoms with Gasteiger partial charge in [-0.3, -0.25) is 4.90 Å². The Kier molecular flexibility index (Phi) is 4.79. The largest absolute Gasteiger partial charge is 0.396 e. The second kappa shape index (κ2) is 6.35. The number of hydrogen-bond acceptors (Lipinski definition) is 2. The SMILES string of the molecule is CCc1ccc(C(C(C)CO)N2CCCC2)cc1. The number of aryl methyl sites for hydroxylation is 1. The number of rotatable bonds is 5. The first-order valence-electron chi connectivity index (χ1n) is 7.20. The van der Waals surface area contributed by atoms with Gasteiger partial charge in [0.25, 0.3) is 0 Å². The number of likely N-dealkylation sites (tertiary alicyclic amines) is 1. The van der Waals surface area contributed by atoms with Gasteiger partial charge in [-0.1, -0.05) is 38.1 Å². The van der Waals surface area contributed by atoms with Gasteiger partial charge in [0, 0.05) is 12.6 Å². The zero-order valence-corrected chi connectivity index (χ0v) is 11.6. The summed E-state index contributed by atoms with van der Waals surface area (Å²) in [5.41, 5.74) is 2.74. The maximum atomic E-state index is 9.50. The molecule has 1 saturated heterocycles. The van der Waals surface area contributed by atoms with Crippen LogP contribution >= 0.6 is 0 Å². The lowest BCUT2D eigenvalue weighted by atomic mass is 9.93. The van der Waals surface area contributed by atoms with Crippen LogP contribution in [0.15, 0.2) is 24.3 Å². The second-order valence-corrected chi connectivity index (χ2v) is 5.44. The number of aliphatic hydroxyl groups is 1. The van der Waals surface area contributed by atoms with E-state index >= 15 is 0 Å². The van der Waals surface area contributed by atoms with E-state index in [1.54, 1.807) is 0 Å². The van der Waals surface area contributed by atoms with Crippen LogP contribution in [0.25, 0.3) is 0 Å². The highest BCUT2D eigenvalue weighted by Gasteiger charge is 2.27. The van der Waals surface area contributed by atoms with Crippen molar-refractivity contribution in [3.05, 3.63) is 35.4 Å². The average Bonchev–Trinajstić information content (AvgIpc) is 2.93. The molecule has 2 atom stereocenters. The van der Waals surface area contributed by atoms with Crippen LogP contribution in [-0.4, -0.2) is 29.7 Å². The van der Waals surface area contributed by atoms with Crippen molar-refractivity contribution in [2.45, 2.75) is 39.2 Å². The van der Waals surface area contributed by atoms with Gasteiger partial charge in [-0.15, -0.1) is 0 Å². The first-order valence-corrected chi connectivity index (χ1v) is 7.20. The normalized spacial score (nSPS) is 19.9. The number of benzene rings is 1. The van der Waals surface area contributed by atoms with Crippen LogP contribution in [0.2, 0.25) is 0 Å². The van der Waals surface area contributed by atoms with Crippen molar-refractivity contribution in [3.63, 3.8) is 0 Å². The van der Waals surface area contributed by atoms with Gasteiger partial charge in [-0.25, -0.2) is 0 Å². The molecule has 1 fully saturated rings. The van der Waals surface area contributed by atoms with Crippen molar-refractivity contribution in [1.29, 1.82) is 0 Å². The lowest BCUT2D eigenvalue weighted by Crippen LogP contribution is -2.31. The lowest BCUT2D eigenvalue weighted by Gasteiger charge is -2.32. The van der Waals surface area contributed by atoms with Crippen LogP contribution in [-0.2, 0) is 6.42 Å². The molecule has 100 valence electrons. The fraction of sp³-hybridized carbons (Fsp3) is 0.625. The van der Waals surface area contributed by atoms with Gasteiger partial charge >= 0.3 is 0 Å². The molecule has 2 nitrogen and oxygen atoms in total. The summed E-state index contributed by atoms with van der Waals surface area (Å²) in [7, 11) is 0. The van der Waals surface area contributed by atoms with E-state index in [1.807, 2.05) is 0 Å². The number of aliphatic hydroxyl groups excluding tert-OH is 1. The Morgan fingerprint density at radius 2 is 1.78 bits per heavy atom. The molecule has 0 saturated carbocycles. The summed E-state index contributed by atoms with van der Waals surface area (Å²) < 4.78 is 0. The van der Waals surface area contributed by atoms with Gasteiger partial charge in [-0.05, 0) is 49.4 Å². The van der Waals surface area contributed by atoms with Crippen molar-refractivity contribution in [2.75, 3.05) is 19.7 Å². The zero-order valence-electron chi connectivity index (χ0n) is 11.6. The van der Waals surface area contributed by atoms with Crippen molar-refractivity contribution in [2.24, 2.45) is 5.92 Å². The Balaban J connectivity index is 2.20. The summed E-state index contributed by atoms with van der Waals surface area (Å²) in [4.78, 5) is 2.53. The third kappa shape index (κ3) is 2.93. The second-order valence-electron chi connectivity index (χ2n) is 5.44. The molecule has 2 rings (SSSR count). The average molecular weight is 247 g/mol. The minimum absolute atomic E-state index is 0.261. The molecule has 0 radical (unpaired) electrons. The van der Waals surface area contributed by atoms with E-state index in [9.17, 15) is 5.11 Å². The predicted molar refractivity (Wildman–Crippen MR) is 75.6 cm³/mol. The number of nitrogens with zero attached hydrogens (tertiary/aromatic N) is 1. The molecule has 0 aliphatic carbocycles. The molecule has 2 unspecified atom stereocenters. The molecule has 0 amide bonds. The molecule has 1 aliphatic heterocycles. The van der Waals surface area contributed by atoms with Gasteiger partial charge < -0.3 is 5.11 Å². The van der Waals surface area contributed by atoms with E-state index in [2.05, 4.69) is 43.0 Å². The monoisotopic (exact) mass is 247 g/mol. The fourth-order valence-corrected chi connectivity index (χ4v) is 2.97. The Labute approximate surface area is 111 Å². The summed E-state index contributed by atoms with van der Waals surface area (Å²) in [6, 6.07) is 9.32. The molecule has 1 aromatic carbocycles. The van der Waals surface area contributed by atoms with Gasteiger partial charge in [0.15, 0.2) is 0 Å². The van der Waals surface area contributed by atoms with Crippen molar-refractivity contribution >= 4 is 0 Å². The molecule has 1 aromatic rings. The molecule has 2 heteroatoms. The summed E-state index contributed by atoms with van der Waals surface area (Å²) >= 11 is 0. The van der Waals surface area contributed by atoms with Crippen LogP contribution in [0.3, 0.4) is 0 Å². The Bertz CT molecular complexity index is 354. The van der Waals surface area contributed by atoms with E-state index in [-0.39, 0.29) is 6.61 Å². The molecule has 1 heterocycles. The maximum absolute atomic E-state index is 9.50. The Morgan fingerprint density at radius 1 is 1.17 bits per heavy atom. The topological polar surface area (TPSA) is 23.5 Å². The van der Waals surface area contributed by atoms with Crippen molar-refractivity contribution < 1.29 is 5.11 Å². The van der Waals surface area contributed by atoms with Crippen LogP contribution in [0.5, 0.6) is 0 Å². The van der Waals surface area contributed by atoms with Gasteiger partial charge in [0.05, 0.1) is 0 Å². The Hall–Kier alpha value is -0.860. The highest BCUT2D eigenvalue weighted by Crippen LogP contribution is 2.31. The summed E-state index contributed by atoms with van der Waals surface area (Å²) in [5.74, 6) is 0.301. The van der Waals surface area contributed by atoms with Crippen LogP contribution in [0.1, 0.15) is 43.9 Å². The molecule has 0 spiro atoms. The first-order chi connectivity index (χ1) is 8.76. The highest BCUT2D eigenvalue weighted by molar-refractivity contribution is 5.25. The van der Waals surface area contributed by atoms with Crippen LogP contribution in [0.4, 0.5) is 0 Å². The molecular weight excluding hydrogens is 222 g/mol. The van der Waals surface area contributed by atoms with Crippen LogP contribution in [0, 0.1) is 5.92 Å². The van der Waals surface area contributed by atoms with E-state index < -0.39 is 0 Å². The first kappa shape index (κ1) is 13.6. The quantitative estimate of drug-likeness (QED) is 0.864.